The van der Waals surface area contributed by atoms with Crippen LogP contribution in [0.15, 0.2) is 24.3 Å². The van der Waals surface area contributed by atoms with Gasteiger partial charge in [0, 0.05) is 17.0 Å². The van der Waals surface area contributed by atoms with E-state index < -0.39 is 11.6 Å². The van der Waals surface area contributed by atoms with Gasteiger partial charge in [0.1, 0.15) is 11.6 Å². The number of benzene rings is 1. The SMILES string of the molecule is Fc1ccc(C=CCCBr)c(F)c1. The highest BCUT2D eigenvalue weighted by Gasteiger charge is 1.98. The summed E-state index contributed by atoms with van der Waals surface area (Å²) in [6.07, 6.45) is 4.32. The molecule has 1 aromatic carbocycles. The van der Waals surface area contributed by atoms with Crippen molar-refractivity contribution in [3.05, 3.63) is 41.5 Å². The predicted octanol–water partition coefficient (Wildman–Crippen LogP) is 3.76. The number of rotatable bonds is 3. The maximum atomic E-state index is 13.0. The molecule has 0 heterocycles. The summed E-state index contributed by atoms with van der Waals surface area (Å²) in [4.78, 5) is 0. The molecule has 0 fully saturated rings. The van der Waals surface area contributed by atoms with Gasteiger partial charge in [-0.15, -0.1) is 0 Å². The average Bonchev–Trinajstić information content (AvgIpc) is 2.09. The molecule has 1 rings (SSSR count). The van der Waals surface area contributed by atoms with Gasteiger partial charge in [-0.3, -0.25) is 0 Å². The Balaban J connectivity index is 2.77. The van der Waals surface area contributed by atoms with Crippen LogP contribution in [-0.2, 0) is 0 Å². The van der Waals surface area contributed by atoms with Crippen LogP contribution < -0.4 is 0 Å². The summed E-state index contributed by atoms with van der Waals surface area (Å²) in [5.41, 5.74) is 0.419. The number of alkyl halides is 1. The molecule has 0 aliphatic heterocycles. The Labute approximate surface area is 84.4 Å². The molecule has 0 saturated carbocycles. The third-order valence-electron chi connectivity index (χ3n) is 1.54. The second-order valence-electron chi connectivity index (χ2n) is 2.55. The van der Waals surface area contributed by atoms with Crippen LogP contribution in [0, 0.1) is 11.6 Å². The first kappa shape index (κ1) is 10.4. The van der Waals surface area contributed by atoms with Crippen molar-refractivity contribution >= 4 is 22.0 Å². The van der Waals surface area contributed by atoms with E-state index in [0.717, 1.165) is 17.8 Å². The fourth-order valence-corrected chi connectivity index (χ4v) is 1.17. The number of hydrogen-bond acceptors (Lipinski definition) is 0. The molecule has 0 nitrogen and oxygen atoms in total. The highest BCUT2D eigenvalue weighted by atomic mass is 79.9. The van der Waals surface area contributed by atoms with E-state index in [4.69, 9.17) is 0 Å². The fraction of sp³-hybridized carbons (Fsp3) is 0.200. The van der Waals surface area contributed by atoms with Gasteiger partial charge in [0.25, 0.3) is 0 Å². The molecule has 0 spiro atoms. The summed E-state index contributed by atoms with van der Waals surface area (Å²) in [5, 5.41) is 0.840. The molecular weight excluding hydrogens is 238 g/mol. The topological polar surface area (TPSA) is 0 Å². The van der Waals surface area contributed by atoms with Crippen molar-refractivity contribution in [2.24, 2.45) is 0 Å². The highest BCUT2D eigenvalue weighted by Crippen LogP contribution is 2.11. The van der Waals surface area contributed by atoms with Crippen molar-refractivity contribution in [3.8, 4) is 0 Å². The van der Waals surface area contributed by atoms with Crippen LogP contribution in [-0.4, -0.2) is 5.33 Å². The molecule has 70 valence electrons. The molecular formula is C10H9BrF2. The molecule has 3 heteroatoms. The van der Waals surface area contributed by atoms with E-state index in [0.29, 0.717) is 5.56 Å². The first-order valence-corrected chi connectivity index (χ1v) is 5.03. The maximum absolute atomic E-state index is 13.0. The van der Waals surface area contributed by atoms with Gasteiger partial charge in [0.05, 0.1) is 0 Å². The second kappa shape index (κ2) is 5.12. The average molecular weight is 247 g/mol. The van der Waals surface area contributed by atoms with E-state index in [1.165, 1.54) is 12.1 Å². The first-order chi connectivity index (χ1) is 6.24. The minimum atomic E-state index is -0.546. The van der Waals surface area contributed by atoms with Gasteiger partial charge in [-0.25, -0.2) is 8.78 Å². The highest BCUT2D eigenvalue weighted by molar-refractivity contribution is 9.09. The van der Waals surface area contributed by atoms with E-state index in [-0.39, 0.29) is 0 Å². The quantitative estimate of drug-likeness (QED) is 0.713. The van der Waals surface area contributed by atoms with Gasteiger partial charge in [-0.1, -0.05) is 28.1 Å². The minimum Gasteiger partial charge on any atom is -0.207 e. The number of halogens is 3. The Morgan fingerprint density at radius 2 is 2.08 bits per heavy atom. The molecule has 0 aliphatic carbocycles. The molecule has 1 aromatic rings. The Morgan fingerprint density at radius 1 is 1.31 bits per heavy atom. The van der Waals surface area contributed by atoms with Gasteiger partial charge in [0.2, 0.25) is 0 Å². The van der Waals surface area contributed by atoms with Crippen LogP contribution in [0.4, 0.5) is 8.78 Å². The van der Waals surface area contributed by atoms with E-state index >= 15 is 0 Å². The van der Waals surface area contributed by atoms with E-state index in [1.54, 1.807) is 6.08 Å². The maximum Gasteiger partial charge on any atom is 0.133 e. The minimum absolute atomic E-state index is 0.419. The zero-order chi connectivity index (χ0) is 9.68. The lowest BCUT2D eigenvalue weighted by Crippen LogP contribution is -1.83. The summed E-state index contributed by atoms with van der Waals surface area (Å²) >= 11 is 3.25. The van der Waals surface area contributed by atoms with Gasteiger partial charge in [0.15, 0.2) is 0 Å². The van der Waals surface area contributed by atoms with Crippen LogP contribution in [0.3, 0.4) is 0 Å². The smallest absolute Gasteiger partial charge is 0.133 e. The van der Waals surface area contributed by atoms with E-state index in [2.05, 4.69) is 15.9 Å². The molecule has 0 aromatic heterocycles. The third-order valence-corrected chi connectivity index (χ3v) is 1.99. The Kier molecular flexibility index (Phi) is 4.09. The second-order valence-corrected chi connectivity index (χ2v) is 3.34. The molecule has 0 amide bonds. The van der Waals surface area contributed by atoms with Crippen LogP contribution in [0.1, 0.15) is 12.0 Å². The van der Waals surface area contributed by atoms with Gasteiger partial charge < -0.3 is 0 Å². The van der Waals surface area contributed by atoms with Crippen LogP contribution >= 0.6 is 15.9 Å². The van der Waals surface area contributed by atoms with Gasteiger partial charge >= 0.3 is 0 Å². The molecule has 0 saturated heterocycles. The van der Waals surface area contributed by atoms with Crippen LogP contribution in [0.2, 0.25) is 0 Å². The first-order valence-electron chi connectivity index (χ1n) is 3.91. The van der Waals surface area contributed by atoms with Crippen molar-refractivity contribution in [1.29, 1.82) is 0 Å². The lowest BCUT2D eigenvalue weighted by atomic mass is 10.2. The van der Waals surface area contributed by atoms with Crippen molar-refractivity contribution in [1.82, 2.24) is 0 Å². The summed E-state index contributed by atoms with van der Waals surface area (Å²) in [7, 11) is 0. The van der Waals surface area contributed by atoms with Crippen molar-refractivity contribution in [2.75, 3.05) is 5.33 Å². The van der Waals surface area contributed by atoms with Gasteiger partial charge in [-0.2, -0.15) is 0 Å². The Morgan fingerprint density at radius 3 is 2.69 bits per heavy atom. The van der Waals surface area contributed by atoms with E-state index in [1.807, 2.05) is 6.08 Å². The Hall–Kier alpha value is -0.700. The molecule has 0 aliphatic rings. The summed E-state index contributed by atoms with van der Waals surface area (Å²) in [6, 6.07) is 3.56. The molecule has 0 unspecified atom stereocenters. The molecule has 0 radical (unpaired) electrons. The monoisotopic (exact) mass is 246 g/mol. The standard InChI is InChI=1S/C10H9BrF2/c11-6-2-1-3-8-4-5-9(12)7-10(8)13/h1,3-5,7H,2,6H2. The van der Waals surface area contributed by atoms with Crippen LogP contribution in [0.25, 0.3) is 6.08 Å². The molecule has 0 bridgehead atoms. The zero-order valence-corrected chi connectivity index (χ0v) is 8.52. The predicted molar refractivity (Wildman–Crippen MR) is 53.8 cm³/mol. The Bertz CT molecular complexity index is 308. The lowest BCUT2D eigenvalue weighted by Gasteiger charge is -1.95. The normalized spacial score (nSPS) is 11.0. The molecule has 0 N–H and O–H groups in total. The number of allylic oxidation sites excluding steroid dienone is 1. The van der Waals surface area contributed by atoms with Crippen molar-refractivity contribution < 1.29 is 8.78 Å². The zero-order valence-electron chi connectivity index (χ0n) is 6.93. The number of hydrogen-bond donors (Lipinski definition) is 0. The van der Waals surface area contributed by atoms with Crippen LogP contribution in [0.5, 0.6) is 0 Å². The third kappa shape index (κ3) is 3.27. The molecule has 13 heavy (non-hydrogen) atoms. The summed E-state index contributed by atoms with van der Waals surface area (Å²) in [6.45, 7) is 0. The van der Waals surface area contributed by atoms with E-state index in [9.17, 15) is 8.78 Å². The summed E-state index contributed by atoms with van der Waals surface area (Å²) < 4.78 is 25.4. The van der Waals surface area contributed by atoms with Crippen molar-refractivity contribution in [3.63, 3.8) is 0 Å². The fourth-order valence-electron chi connectivity index (χ4n) is 0.910. The van der Waals surface area contributed by atoms with Gasteiger partial charge in [-0.05, 0) is 18.6 Å². The summed E-state index contributed by atoms with van der Waals surface area (Å²) in [5.74, 6) is -1.07. The molecule has 0 atom stereocenters. The lowest BCUT2D eigenvalue weighted by molar-refractivity contribution is 0.581. The van der Waals surface area contributed by atoms with Crippen molar-refractivity contribution in [2.45, 2.75) is 6.42 Å². The largest absolute Gasteiger partial charge is 0.207 e.